The molecule has 0 unspecified atom stereocenters. The van der Waals surface area contributed by atoms with Gasteiger partial charge in [0.05, 0.1) is 0 Å². The van der Waals surface area contributed by atoms with E-state index in [4.69, 9.17) is 41.2 Å². The maximum Gasteiger partial charge on any atom is 0.659 e. The van der Waals surface area contributed by atoms with Gasteiger partial charge in [-0.15, -0.1) is 0 Å². The molecule has 4 heterocycles. The number of hydrogen-bond donors (Lipinski definition) is 2. The molecule has 12 nitrogen and oxygen atoms in total. The van der Waals surface area contributed by atoms with E-state index in [1.165, 1.54) is 0 Å². The van der Waals surface area contributed by atoms with Crippen molar-refractivity contribution in [3.63, 3.8) is 0 Å². The molecule has 4 fully saturated rings. The molecule has 0 aliphatic carbocycles. The van der Waals surface area contributed by atoms with Crippen LogP contribution in [0.25, 0.3) is 0 Å². The van der Waals surface area contributed by atoms with E-state index in [-0.39, 0.29) is 0 Å². The highest BCUT2D eigenvalue weighted by atomic mass is 28.7. The highest BCUT2D eigenvalue weighted by Crippen LogP contribution is 2.50. The molecule has 19 heteroatoms. The van der Waals surface area contributed by atoms with Gasteiger partial charge in [0, 0.05) is 0 Å². The quantitative estimate of drug-likeness (QED) is 0.480. The maximum atomic E-state index is 10.8. The van der Waals surface area contributed by atoms with Gasteiger partial charge in [-0.05, 0) is 39.3 Å². The topological polar surface area (TPSA) is 133 Å². The van der Waals surface area contributed by atoms with Gasteiger partial charge in [-0.1, -0.05) is 0 Å². The van der Waals surface area contributed by atoms with E-state index in [9.17, 15) is 9.59 Å². The van der Waals surface area contributed by atoms with Gasteiger partial charge in [0.25, 0.3) is 0 Å². The third-order valence-corrected chi connectivity index (χ3v) is 26.0. The van der Waals surface area contributed by atoms with E-state index in [1.54, 1.807) is 0 Å². The van der Waals surface area contributed by atoms with Crippen molar-refractivity contribution in [2.45, 2.75) is 39.3 Å². The molecule has 0 amide bonds. The standard InChI is InChI=1S/C6H20O12Si7/c1-19(2,3)9-23-11-21(7)13-24(10-20(4,5)6)14-22(8,12-23)16-25(15-21,17-23)18-24/h7-8H,1-6H3. The van der Waals surface area contributed by atoms with Gasteiger partial charge >= 0.3 is 45.2 Å². The van der Waals surface area contributed by atoms with Crippen LogP contribution in [0.5, 0.6) is 0 Å². The van der Waals surface area contributed by atoms with Crippen LogP contribution in [-0.2, 0) is 41.2 Å². The lowest BCUT2D eigenvalue weighted by molar-refractivity contribution is -0.160. The smallest absolute Gasteiger partial charge is 0.396 e. The molecule has 0 saturated carbocycles. The van der Waals surface area contributed by atoms with Crippen LogP contribution in [0.3, 0.4) is 0 Å². The first-order valence-electron chi connectivity index (χ1n) is 7.53. The summed E-state index contributed by atoms with van der Waals surface area (Å²) in [5.74, 6) is 0. The Kier molecular flexibility index (Phi) is 3.98. The van der Waals surface area contributed by atoms with Gasteiger partial charge in [0.1, 0.15) is 0 Å². The molecule has 2 N–H and O–H groups in total. The molecular formula is C6H20O12Si7. The van der Waals surface area contributed by atoms with Crippen molar-refractivity contribution < 1.29 is 50.7 Å². The van der Waals surface area contributed by atoms with Crippen molar-refractivity contribution in [2.75, 3.05) is 0 Å². The molecule has 5 bridgehead atoms. The van der Waals surface area contributed by atoms with E-state index in [2.05, 4.69) is 0 Å². The molecular weight excluding hydrogens is 461 g/mol. The lowest BCUT2D eigenvalue weighted by Crippen LogP contribution is -2.94. The zero-order chi connectivity index (χ0) is 18.6. The van der Waals surface area contributed by atoms with Gasteiger partial charge in [-0.3, -0.25) is 0 Å². The fourth-order valence-corrected chi connectivity index (χ4v) is 31.5. The van der Waals surface area contributed by atoms with E-state index in [1.807, 2.05) is 39.3 Å². The minimum absolute atomic E-state index is 1.87. The molecule has 4 rings (SSSR count). The Morgan fingerprint density at radius 2 is 0.880 bits per heavy atom. The SMILES string of the molecule is C[Si](C)(C)O[Si]12O[Si]3(O)O[Si]4(O[Si](C)(C)C)O[Si](O)(O1)O[Si](O3)(O2)O4. The molecule has 0 atom stereocenters. The summed E-state index contributed by atoms with van der Waals surface area (Å²) in [4.78, 5) is 21.6. The van der Waals surface area contributed by atoms with Gasteiger partial charge in [0.15, 0.2) is 16.6 Å². The van der Waals surface area contributed by atoms with Gasteiger partial charge in [-0.25, -0.2) is 0 Å². The van der Waals surface area contributed by atoms with Crippen molar-refractivity contribution in [2.24, 2.45) is 0 Å². The Morgan fingerprint density at radius 3 is 1.16 bits per heavy atom. The number of fused-ring (bicyclic) bond motifs is 4. The monoisotopic (exact) mass is 480 g/mol. The summed E-state index contributed by atoms with van der Waals surface area (Å²) in [6.07, 6.45) is 0. The van der Waals surface area contributed by atoms with Crippen LogP contribution in [0.15, 0.2) is 0 Å². The van der Waals surface area contributed by atoms with Crippen molar-refractivity contribution >= 4 is 61.9 Å². The summed E-state index contributed by atoms with van der Waals surface area (Å²) in [5.41, 5.74) is 0. The zero-order valence-corrected chi connectivity index (χ0v) is 21.5. The zero-order valence-electron chi connectivity index (χ0n) is 14.5. The van der Waals surface area contributed by atoms with E-state index in [0.29, 0.717) is 0 Å². The molecule has 4 aliphatic rings. The predicted molar refractivity (Wildman–Crippen MR) is 90.7 cm³/mol. The highest BCUT2D eigenvalue weighted by molar-refractivity contribution is 7.02. The Balaban J connectivity index is 1.77. The minimum Gasteiger partial charge on any atom is -0.396 e. The van der Waals surface area contributed by atoms with E-state index in [0.717, 1.165) is 0 Å². The summed E-state index contributed by atoms with van der Waals surface area (Å²) in [7, 11) is -25.3. The molecule has 0 radical (unpaired) electrons. The lowest BCUT2D eigenvalue weighted by Gasteiger charge is -2.60. The summed E-state index contributed by atoms with van der Waals surface area (Å²) in [6.45, 7) is 11.2. The average molecular weight is 481 g/mol. The van der Waals surface area contributed by atoms with Crippen LogP contribution in [0.1, 0.15) is 0 Å². The average Bonchev–Trinajstić information content (AvgIpc) is 2.11. The molecule has 4 aliphatic heterocycles. The predicted octanol–water partition coefficient (Wildman–Crippen LogP) is -0.961. The normalized spacial score (nSPS) is 51.8. The molecule has 0 aromatic rings. The van der Waals surface area contributed by atoms with Crippen LogP contribution < -0.4 is 0 Å². The van der Waals surface area contributed by atoms with Crippen LogP contribution in [0.4, 0.5) is 0 Å². The van der Waals surface area contributed by atoms with Crippen LogP contribution in [0.2, 0.25) is 39.3 Å². The van der Waals surface area contributed by atoms with Gasteiger partial charge in [0.2, 0.25) is 0 Å². The minimum atomic E-state index is -4.33. The van der Waals surface area contributed by atoms with Crippen molar-refractivity contribution in [3.8, 4) is 0 Å². The van der Waals surface area contributed by atoms with Crippen molar-refractivity contribution in [1.29, 1.82) is 0 Å². The Hall–Kier alpha value is 1.04. The summed E-state index contributed by atoms with van der Waals surface area (Å²) < 4.78 is 56.4. The van der Waals surface area contributed by atoms with E-state index >= 15 is 0 Å². The number of hydrogen-bond acceptors (Lipinski definition) is 12. The van der Waals surface area contributed by atoms with Gasteiger partial charge in [-0.2, -0.15) is 0 Å². The highest BCUT2D eigenvalue weighted by Gasteiger charge is 2.92. The third-order valence-electron chi connectivity index (χ3n) is 2.89. The summed E-state index contributed by atoms with van der Waals surface area (Å²) >= 11 is 0. The van der Waals surface area contributed by atoms with Crippen LogP contribution in [-0.4, -0.2) is 71.5 Å². The van der Waals surface area contributed by atoms with Crippen LogP contribution >= 0.6 is 0 Å². The molecule has 0 aromatic heterocycles. The Bertz CT molecular complexity index is 527. The molecule has 25 heavy (non-hydrogen) atoms. The first-order chi connectivity index (χ1) is 11.1. The Labute approximate surface area is 152 Å². The summed E-state index contributed by atoms with van der Waals surface area (Å²) in [6, 6.07) is 0. The second-order valence-electron chi connectivity index (χ2n) is 7.79. The first kappa shape index (κ1) is 19.4. The largest absolute Gasteiger partial charge is 0.659 e. The molecule has 1 spiro atoms. The second kappa shape index (κ2) is 5.14. The second-order valence-corrected chi connectivity index (χ2v) is 29.5. The van der Waals surface area contributed by atoms with Gasteiger partial charge < -0.3 is 50.7 Å². The van der Waals surface area contributed by atoms with Crippen molar-refractivity contribution in [1.82, 2.24) is 0 Å². The van der Waals surface area contributed by atoms with Crippen LogP contribution in [0, 0.1) is 0 Å². The maximum absolute atomic E-state index is 10.8. The van der Waals surface area contributed by atoms with Crippen molar-refractivity contribution in [3.05, 3.63) is 0 Å². The van der Waals surface area contributed by atoms with E-state index < -0.39 is 61.9 Å². The molecule has 0 aromatic carbocycles. The molecule has 4 saturated heterocycles. The molecule has 144 valence electrons. The lowest BCUT2D eigenvalue weighted by atomic mass is 11.8. The fourth-order valence-electron chi connectivity index (χ4n) is 2.50. The number of rotatable bonds is 4. The first-order valence-corrected chi connectivity index (χ1v) is 22.6. The summed E-state index contributed by atoms with van der Waals surface area (Å²) in [5, 5.41) is 0. The fraction of sp³-hybridized carbons (Fsp3) is 1.00. The Morgan fingerprint density at radius 1 is 0.560 bits per heavy atom. The third kappa shape index (κ3) is 3.57.